The first kappa shape index (κ1) is 13.5. The van der Waals surface area contributed by atoms with Gasteiger partial charge in [0.25, 0.3) is 0 Å². The summed E-state index contributed by atoms with van der Waals surface area (Å²) in [6.07, 6.45) is 0.935. The van der Waals surface area contributed by atoms with Crippen LogP contribution in [0.2, 0.25) is 0 Å². The fraction of sp³-hybridized carbons (Fsp3) is 0.278. The van der Waals surface area contributed by atoms with Crippen LogP contribution < -0.4 is 10.1 Å². The molecule has 0 amide bonds. The molecule has 3 nitrogen and oxygen atoms in total. The zero-order valence-corrected chi connectivity index (χ0v) is 12.3. The maximum atomic E-state index is 9.09. The first-order chi connectivity index (χ1) is 10.1. The molecule has 1 N–H and O–H groups in total. The molecule has 0 atom stereocenters. The van der Waals surface area contributed by atoms with E-state index in [2.05, 4.69) is 37.4 Å². The Kier molecular flexibility index (Phi) is 3.31. The summed E-state index contributed by atoms with van der Waals surface area (Å²) >= 11 is 0. The van der Waals surface area contributed by atoms with Crippen molar-refractivity contribution in [2.24, 2.45) is 0 Å². The molecule has 0 bridgehead atoms. The van der Waals surface area contributed by atoms with Crippen LogP contribution in [0.3, 0.4) is 0 Å². The molecule has 1 heterocycles. The molecule has 1 aliphatic heterocycles. The number of nitrogens with zero attached hydrogens (tertiary/aromatic N) is 1. The highest BCUT2D eigenvalue weighted by atomic mass is 16.5. The molecule has 2 aromatic rings. The van der Waals surface area contributed by atoms with Crippen LogP contribution in [-0.4, -0.2) is 5.60 Å². The van der Waals surface area contributed by atoms with E-state index >= 15 is 0 Å². The topological polar surface area (TPSA) is 45.0 Å². The Morgan fingerprint density at radius 3 is 2.86 bits per heavy atom. The third-order valence-corrected chi connectivity index (χ3v) is 3.66. The fourth-order valence-corrected chi connectivity index (χ4v) is 2.70. The Balaban J connectivity index is 1.74. The zero-order valence-electron chi connectivity index (χ0n) is 12.3. The second-order valence-electron chi connectivity index (χ2n) is 5.99. The van der Waals surface area contributed by atoms with Crippen molar-refractivity contribution < 1.29 is 4.74 Å². The van der Waals surface area contributed by atoms with Gasteiger partial charge in [0, 0.05) is 13.0 Å². The minimum atomic E-state index is -0.109. The fourth-order valence-electron chi connectivity index (χ4n) is 2.70. The second-order valence-corrected chi connectivity index (χ2v) is 5.99. The maximum absolute atomic E-state index is 9.09. The summed E-state index contributed by atoms with van der Waals surface area (Å²) in [6, 6.07) is 16.1. The van der Waals surface area contributed by atoms with Crippen LogP contribution in [0.5, 0.6) is 5.75 Å². The lowest BCUT2D eigenvalue weighted by atomic mass is 10.0. The summed E-state index contributed by atoms with van der Waals surface area (Å²) in [5.41, 5.74) is 3.89. The third kappa shape index (κ3) is 2.85. The van der Waals surface area contributed by atoms with E-state index in [0.29, 0.717) is 12.1 Å². The maximum Gasteiger partial charge on any atom is 0.123 e. The highest BCUT2D eigenvalue weighted by Gasteiger charge is 2.29. The zero-order chi connectivity index (χ0) is 14.9. The number of fused-ring (bicyclic) bond motifs is 1. The molecule has 0 aromatic heterocycles. The van der Waals surface area contributed by atoms with E-state index in [-0.39, 0.29) is 5.60 Å². The smallest absolute Gasteiger partial charge is 0.123 e. The van der Waals surface area contributed by atoms with Gasteiger partial charge >= 0.3 is 0 Å². The van der Waals surface area contributed by atoms with Crippen LogP contribution in [0.15, 0.2) is 42.5 Å². The van der Waals surface area contributed by atoms with E-state index in [1.54, 1.807) is 0 Å². The number of rotatable bonds is 3. The number of ether oxygens (including phenoxy) is 1. The third-order valence-electron chi connectivity index (χ3n) is 3.66. The molecule has 3 rings (SSSR count). The largest absolute Gasteiger partial charge is 0.487 e. The summed E-state index contributed by atoms with van der Waals surface area (Å²) in [4.78, 5) is 0. The van der Waals surface area contributed by atoms with Crippen LogP contribution in [0.25, 0.3) is 0 Å². The van der Waals surface area contributed by atoms with Gasteiger partial charge in [-0.05, 0) is 43.2 Å². The van der Waals surface area contributed by atoms with Gasteiger partial charge in [-0.15, -0.1) is 0 Å². The molecule has 0 fully saturated rings. The Hall–Kier alpha value is -2.47. The van der Waals surface area contributed by atoms with E-state index in [1.165, 1.54) is 11.1 Å². The number of hydrogen-bond acceptors (Lipinski definition) is 3. The van der Waals surface area contributed by atoms with Gasteiger partial charge in [0.1, 0.15) is 17.4 Å². The minimum absolute atomic E-state index is 0.109. The summed E-state index contributed by atoms with van der Waals surface area (Å²) in [7, 11) is 0. The quantitative estimate of drug-likeness (QED) is 0.926. The van der Waals surface area contributed by atoms with Crippen molar-refractivity contribution in [3.8, 4) is 11.8 Å². The Morgan fingerprint density at radius 2 is 2.05 bits per heavy atom. The molecule has 21 heavy (non-hydrogen) atoms. The molecular formula is C18H18N2O. The number of anilines is 1. The van der Waals surface area contributed by atoms with E-state index in [0.717, 1.165) is 17.9 Å². The molecule has 0 radical (unpaired) electrons. The average molecular weight is 278 g/mol. The summed E-state index contributed by atoms with van der Waals surface area (Å²) in [6.45, 7) is 4.91. The van der Waals surface area contributed by atoms with Crippen molar-refractivity contribution in [1.29, 1.82) is 5.26 Å². The molecule has 0 saturated carbocycles. The molecule has 2 aromatic carbocycles. The van der Waals surface area contributed by atoms with E-state index in [4.69, 9.17) is 10.00 Å². The predicted octanol–water partition coefficient (Wildman–Crippen LogP) is 3.88. The van der Waals surface area contributed by atoms with Crippen molar-refractivity contribution in [2.45, 2.75) is 32.4 Å². The lowest BCUT2D eigenvalue weighted by molar-refractivity contribution is 0.138. The molecule has 0 unspecified atom stereocenters. The van der Waals surface area contributed by atoms with Crippen LogP contribution >= 0.6 is 0 Å². The van der Waals surface area contributed by atoms with E-state index < -0.39 is 0 Å². The Bertz CT molecular complexity index is 713. The molecule has 106 valence electrons. The normalized spacial score (nSPS) is 14.9. The second kappa shape index (κ2) is 5.14. The van der Waals surface area contributed by atoms with Gasteiger partial charge in [-0.25, -0.2) is 0 Å². The molecule has 1 aliphatic rings. The Morgan fingerprint density at radius 1 is 1.24 bits per heavy atom. The van der Waals surface area contributed by atoms with Crippen LogP contribution in [0.4, 0.5) is 5.69 Å². The van der Waals surface area contributed by atoms with Crippen molar-refractivity contribution in [1.82, 2.24) is 0 Å². The van der Waals surface area contributed by atoms with Gasteiger partial charge in [0.05, 0.1) is 11.3 Å². The average Bonchev–Trinajstić information content (AvgIpc) is 2.78. The van der Waals surface area contributed by atoms with Crippen LogP contribution in [0.1, 0.15) is 30.5 Å². The van der Waals surface area contributed by atoms with Gasteiger partial charge in [0.2, 0.25) is 0 Å². The highest BCUT2D eigenvalue weighted by Crippen LogP contribution is 2.35. The first-order valence-electron chi connectivity index (χ1n) is 7.11. The number of para-hydroxylation sites is 1. The SMILES string of the molecule is CC1(C)Cc2cc(CNc3ccccc3C#N)ccc2O1. The van der Waals surface area contributed by atoms with Crippen LogP contribution in [0, 0.1) is 11.3 Å². The van der Waals surface area contributed by atoms with Crippen molar-refractivity contribution in [2.75, 3.05) is 5.32 Å². The Labute approximate surface area is 125 Å². The summed E-state index contributed by atoms with van der Waals surface area (Å²) in [5, 5.41) is 12.4. The molecule has 3 heteroatoms. The van der Waals surface area contributed by atoms with E-state index in [1.807, 2.05) is 30.3 Å². The predicted molar refractivity (Wildman–Crippen MR) is 83.3 cm³/mol. The molecule has 0 aliphatic carbocycles. The number of nitriles is 1. The van der Waals surface area contributed by atoms with E-state index in [9.17, 15) is 0 Å². The van der Waals surface area contributed by atoms with Gasteiger partial charge in [-0.2, -0.15) is 5.26 Å². The summed E-state index contributed by atoms with van der Waals surface area (Å²) < 4.78 is 5.89. The first-order valence-corrected chi connectivity index (χ1v) is 7.11. The van der Waals surface area contributed by atoms with Gasteiger partial charge < -0.3 is 10.1 Å². The number of hydrogen-bond donors (Lipinski definition) is 1. The lowest BCUT2D eigenvalue weighted by Crippen LogP contribution is -2.24. The number of benzene rings is 2. The number of nitrogens with one attached hydrogen (secondary N) is 1. The standard InChI is InChI=1S/C18H18N2O/c1-18(2)10-15-9-13(7-8-17(15)21-18)12-20-16-6-4-3-5-14(16)11-19/h3-9,20H,10,12H2,1-2H3. The minimum Gasteiger partial charge on any atom is -0.487 e. The van der Waals surface area contributed by atoms with Crippen LogP contribution in [-0.2, 0) is 13.0 Å². The van der Waals surface area contributed by atoms with Gasteiger partial charge in [0.15, 0.2) is 0 Å². The van der Waals surface area contributed by atoms with Crippen molar-refractivity contribution in [3.05, 3.63) is 59.2 Å². The van der Waals surface area contributed by atoms with Gasteiger partial charge in [-0.3, -0.25) is 0 Å². The molecule has 0 saturated heterocycles. The molecule has 0 spiro atoms. The van der Waals surface area contributed by atoms with Crippen molar-refractivity contribution >= 4 is 5.69 Å². The monoisotopic (exact) mass is 278 g/mol. The van der Waals surface area contributed by atoms with Crippen molar-refractivity contribution in [3.63, 3.8) is 0 Å². The van der Waals surface area contributed by atoms with Gasteiger partial charge in [-0.1, -0.05) is 24.3 Å². The highest BCUT2D eigenvalue weighted by molar-refractivity contribution is 5.57. The lowest BCUT2D eigenvalue weighted by Gasteiger charge is -2.16. The summed E-state index contributed by atoms with van der Waals surface area (Å²) in [5.74, 6) is 0.987. The molecular weight excluding hydrogens is 260 g/mol.